The van der Waals surface area contributed by atoms with Crippen LogP contribution in [0.2, 0.25) is 0 Å². The molecular weight excluding hydrogens is 226 g/mol. The molecule has 0 radical (unpaired) electrons. The van der Waals surface area contributed by atoms with Gasteiger partial charge in [0, 0.05) is 25.4 Å². The Balaban J connectivity index is 3.24. The fourth-order valence-corrected chi connectivity index (χ4v) is 2.10. The molecule has 0 spiro atoms. The quantitative estimate of drug-likeness (QED) is 0.808. The van der Waals surface area contributed by atoms with Crippen LogP contribution in [-0.4, -0.2) is 23.6 Å². The van der Waals surface area contributed by atoms with E-state index in [0.717, 1.165) is 43.1 Å². The highest BCUT2D eigenvalue weighted by Gasteiger charge is 2.31. The van der Waals surface area contributed by atoms with E-state index in [1.165, 1.54) is 0 Å². The van der Waals surface area contributed by atoms with Gasteiger partial charge in [0.25, 0.3) is 0 Å². The lowest BCUT2D eigenvalue weighted by Crippen LogP contribution is -2.30. The second-order valence-corrected chi connectivity index (χ2v) is 4.36. The number of methoxy groups -OCH3 is 1. The van der Waals surface area contributed by atoms with Crippen molar-refractivity contribution in [2.24, 2.45) is 0 Å². The molecule has 0 unspecified atom stereocenters. The molecule has 0 aliphatic rings. The van der Waals surface area contributed by atoms with Gasteiger partial charge in [0.1, 0.15) is 11.4 Å². The van der Waals surface area contributed by atoms with E-state index >= 15 is 0 Å². The van der Waals surface area contributed by atoms with Crippen molar-refractivity contribution in [3.8, 4) is 0 Å². The largest absolute Gasteiger partial charge is 0.370 e. The molecule has 0 atom stereocenters. The third-order valence-corrected chi connectivity index (χ3v) is 3.44. The summed E-state index contributed by atoms with van der Waals surface area (Å²) in [6, 6.07) is 2.01. The normalized spacial score (nSPS) is 11.6. The van der Waals surface area contributed by atoms with Gasteiger partial charge in [-0.1, -0.05) is 20.8 Å². The molecule has 1 aromatic heterocycles. The number of aryl methyl sites for hydroxylation is 1. The monoisotopic (exact) mass is 251 g/mol. The predicted octanol–water partition coefficient (Wildman–Crippen LogP) is 3.13. The van der Waals surface area contributed by atoms with Crippen molar-refractivity contribution >= 4 is 5.82 Å². The Kier molecular flexibility index (Phi) is 5.54. The van der Waals surface area contributed by atoms with Crippen molar-refractivity contribution in [2.45, 2.75) is 52.6 Å². The van der Waals surface area contributed by atoms with E-state index in [1.807, 2.05) is 6.07 Å². The molecule has 18 heavy (non-hydrogen) atoms. The molecule has 102 valence electrons. The van der Waals surface area contributed by atoms with Gasteiger partial charge >= 0.3 is 0 Å². The van der Waals surface area contributed by atoms with Gasteiger partial charge in [-0.25, -0.2) is 9.97 Å². The molecule has 1 aromatic rings. The van der Waals surface area contributed by atoms with Crippen LogP contribution in [0.4, 0.5) is 5.82 Å². The molecular formula is C14H25N3O. The van der Waals surface area contributed by atoms with Gasteiger partial charge in [0.2, 0.25) is 0 Å². The van der Waals surface area contributed by atoms with Gasteiger partial charge < -0.3 is 10.1 Å². The zero-order valence-electron chi connectivity index (χ0n) is 12.2. The first-order valence-corrected chi connectivity index (χ1v) is 6.83. The predicted molar refractivity (Wildman–Crippen MR) is 74.8 cm³/mol. The number of nitrogens with zero attached hydrogens (tertiary/aromatic N) is 2. The number of rotatable bonds is 7. The van der Waals surface area contributed by atoms with Gasteiger partial charge in [0.15, 0.2) is 5.82 Å². The highest BCUT2D eigenvalue weighted by molar-refractivity contribution is 5.36. The van der Waals surface area contributed by atoms with Crippen LogP contribution in [-0.2, 0) is 16.8 Å². The van der Waals surface area contributed by atoms with Crippen LogP contribution in [0.5, 0.6) is 0 Å². The van der Waals surface area contributed by atoms with Crippen molar-refractivity contribution < 1.29 is 4.74 Å². The summed E-state index contributed by atoms with van der Waals surface area (Å²) in [6.45, 7) is 9.26. The fourth-order valence-electron chi connectivity index (χ4n) is 2.10. The average Bonchev–Trinajstić information content (AvgIpc) is 2.41. The van der Waals surface area contributed by atoms with Crippen molar-refractivity contribution in [1.29, 1.82) is 0 Å². The molecule has 4 nitrogen and oxygen atoms in total. The first-order valence-electron chi connectivity index (χ1n) is 6.83. The molecule has 0 amide bonds. The van der Waals surface area contributed by atoms with Gasteiger partial charge in [-0.15, -0.1) is 0 Å². The van der Waals surface area contributed by atoms with E-state index in [2.05, 4.69) is 43.0 Å². The number of hydrogen-bond donors (Lipinski definition) is 1. The Bertz CT molecular complexity index is 367. The standard InChI is InChI=1S/C14H25N3O/c1-6-11-10-12(15-9-4)17-13(16-11)14(7-2,8-3)18-5/h10H,6-9H2,1-5H3,(H,15,16,17). The molecule has 0 aromatic carbocycles. The van der Waals surface area contributed by atoms with Gasteiger partial charge in [-0.3, -0.25) is 0 Å². The Morgan fingerprint density at radius 1 is 1.17 bits per heavy atom. The van der Waals surface area contributed by atoms with E-state index < -0.39 is 0 Å². The molecule has 1 rings (SSSR count). The first kappa shape index (κ1) is 14.9. The van der Waals surface area contributed by atoms with Crippen LogP contribution in [0.3, 0.4) is 0 Å². The topological polar surface area (TPSA) is 47.0 Å². The second-order valence-electron chi connectivity index (χ2n) is 4.36. The van der Waals surface area contributed by atoms with E-state index in [1.54, 1.807) is 7.11 Å². The van der Waals surface area contributed by atoms with Gasteiger partial charge in [-0.2, -0.15) is 0 Å². The highest BCUT2D eigenvalue weighted by Crippen LogP contribution is 2.30. The van der Waals surface area contributed by atoms with E-state index in [-0.39, 0.29) is 5.60 Å². The van der Waals surface area contributed by atoms with Gasteiger partial charge in [0.05, 0.1) is 0 Å². The van der Waals surface area contributed by atoms with E-state index in [0.29, 0.717) is 0 Å². The molecule has 0 bridgehead atoms. The van der Waals surface area contributed by atoms with Crippen molar-refractivity contribution in [1.82, 2.24) is 9.97 Å². The molecule has 1 heterocycles. The molecule has 0 aliphatic carbocycles. The number of aromatic nitrogens is 2. The summed E-state index contributed by atoms with van der Waals surface area (Å²) >= 11 is 0. The van der Waals surface area contributed by atoms with Crippen molar-refractivity contribution in [3.63, 3.8) is 0 Å². The van der Waals surface area contributed by atoms with E-state index in [4.69, 9.17) is 4.74 Å². The van der Waals surface area contributed by atoms with Crippen LogP contribution in [0.15, 0.2) is 6.07 Å². The maximum absolute atomic E-state index is 5.70. The third kappa shape index (κ3) is 2.99. The second kappa shape index (κ2) is 6.69. The number of ether oxygens (including phenoxy) is 1. The molecule has 4 heteroatoms. The smallest absolute Gasteiger partial charge is 0.162 e. The minimum Gasteiger partial charge on any atom is -0.370 e. The summed E-state index contributed by atoms with van der Waals surface area (Å²) in [6.07, 6.45) is 2.65. The molecule has 0 saturated carbocycles. The summed E-state index contributed by atoms with van der Waals surface area (Å²) in [7, 11) is 1.74. The molecule has 0 aliphatic heterocycles. The maximum Gasteiger partial charge on any atom is 0.162 e. The highest BCUT2D eigenvalue weighted by atomic mass is 16.5. The summed E-state index contributed by atoms with van der Waals surface area (Å²) in [5.41, 5.74) is 0.689. The summed E-state index contributed by atoms with van der Waals surface area (Å²) < 4.78 is 5.70. The zero-order valence-corrected chi connectivity index (χ0v) is 12.2. The van der Waals surface area contributed by atoms with Gasteiger partial charge in [-0.05, 0) is 26.2 Å². The lowest BCUT2D eigenvalue weighted by molar-refractivity contribution is -0.0291. The maximum atomic E-state index is 5.70. The lowest BCUT2D eigenvalue weighted by Gasteiger charge is -2.29. The lowest BCUT2D eigenvalue weighted by atomic mass is 9.96. The summed E-state index contributed by atoms with van der Waals surface area (Å²) in [5.74, 6) is 1.69. The van der Waals surface area contributed by atoms with E-state index in [9.17, 15) is 0 Å². The Morgan fingerprint density at radius 2 is 1.83 bits per heavy atom. The van der Waals surface area contributed by atoms with Crippen LogP contribution in [0.25, 0.3) is 0 Å². The number of nitrogens with one attached hydrogen (secondary N) is 1. The number of anilines is 1. The fraction of sp³-hybridized carbons (Fsp3) is 0.714. The van der Waals surface area contributed by atoms with Crippen molar-refractivity contribution in [2.75, 3.05) is 19.0 Å². The summed E-state index contributed by atoms with van der Waals surface area (Å²) in [5, 5.41) is 3.26. The van der Waals surface area contributed by atoms with Crippen LogP contribution < -0.4 is 5.32 Å². The van der Waals surface area contributed by atoms with Crippen LogP contribution in [0, 0.1) is 0 Å². The molecule has 0 saturated heterocycles. The number of hydrogen-bond acceptors (Lipinski definition) is 4. The van der Waals surface area contributed by atoms with Crippen molar-refractivity contribution in [3.05, 3.63) is 17.6 Å². The van der Waals surface area contributed by atoms with Crippen LogP contribution in [0.1, 0.15) is 52.1 Å². The third-order valence-electron chi connectivity index (χ3n) is 3.44. The minimum absolute atomic E-state index is 0.366. The first-order chi connectivity index (χ1) is 8.65. The minimum atomic E-state index is -0.366. The average molecular weight is 251 g/mol. The Hall–Kier alpha value is -1.16. The zero-order chi connectivity index (χ0) is 13.6. The molecule has 1 N–H and O–H groups in total. The molecule has 0 fully saturated rings. The summed E-state index contributed by atoms with van der Waals surface area (Å²) in [4.78, 5) is 9.25. The Morgan fingerprint density at radius 3 is 2.28 bits per heavy atom. The SMILES string of the molecule is CCNc1cc(CC)nc(C(CC)(CC)OC)n1. The Labute approximate surface area is 110 Å². The van der Waals surface area contributed by atoms with Crippen LogP contribution >= 0.6 is 0 Å².